The number of allylic oxidation sites excluding steroid dienone is 1. The number of piperidine rings is 1. The molecule has 90 valence electrons. The van der Waals surface area contributed by atoms with Gasteiger partial charge in [-0.2, -0.15) is 0 Å². The Balaban J connectivity index is 1.96. The van der Waals surface area contributed by atoms with E-state index in [4.69, 9.17) is 0 Å². The number of carbonyl (C=O) groups excluding carboxylic acids is 1. The van der Waals surface area contributed by atoms with Crippen LogP contribution >= 0.6 is 0 Å². The van der Waals surface area contributed by atoms with Gasteiger partial charge in [-0.3, -0.25) is 4.79 Å². The summed E-state index contributed by atoms with van der Waals surface area (Å²) >= 11 is 0. The van der Waals surface area contributed by atoms with Crippen molar-refractivity contribution in [2.24, 2.45) is 0 Å². The fourth-order valence-electron chi connectivity index (χ4n) is 1.95. The molecule has 1 aliphatic heterocycles. The summed E-state index contributed by atoms with van der Waals surface area (Å²) in [5.41, 5.74) is 0.527. The minimum absolute atomic E-state index is 0.0735. The zero-order valence-corrected chi connectivity index (χ0v) is 9.73. The van der Waals surface area contributed by atoms with Gasteiger partial charge >= 0.3 is 0 Å². The van der Waals surface area contributed by atoms with Crippen molar-refractivity contribution in [3.05, 3.63) is 47.9 Å². The summed E-state index contributed by atoms with van der Waals surface area (Å²) in [5.74, 6) is -0.392. The molecular weight excluding hydrogens is 217 g/mol. The van der Waals surface area contributed by atoms with E-state index in [0.717, 1.165) is 13.1 Å². The smallest absolute Gasteiger partial charge is 0.187 e. The van der Waals surface area contributed by atoms with E-state index in [2.05, 4.69) is 4.90 Å². The van der Waals surface area contributed by atoms with E-state index in [0.29, 0.717) is 5.56 Å². The Labute approximate surface area is 101 Å². The van der Waals surface area contributed by atoms with Crippen LogP contribution in [0.2, 0.25) is 0 Å². The Bertz CT molecular complexity index is 405. The third-order valence-corrected chi connectivity index (χ3v) is 2.96. The first kappa shape index (κ1) is 11.8. The predicted molar refractivity (Wildman–Crippen MR) is 65.3 cm³/mol. The molecule has 0 saturated carbocycles. The summed E-state index contributed by atoms with van der Waals surface area (Å²) in [6, 6.07) is 5.64. The SMILES string of the molecule is O=C(/C=C/N1CCCCC1)c1ccc(F)cc1. The van der Waals surface area contributed by atoms with Crippen molar-refractivity contribution in [1.82, 2.24) is 4.90 Å². The number of hydrogen-bond donors (Lipinski definition) is 0. The van der Waals surface area contributed by atoms with Crippen molar-refractivity contribution in [1.29, 1.82) is 0 Å². The lowest BCUT2D eigenvalue weighted by atomic mass is 10.1. The quantitative estimate of drug-likeness (QED) is 0.591. The number of benzene rings is 1. The molecule has 0 unspecified atom stereocenters. The highest BCUT2D eigenvalue weighted by molar-refractivity contribution is 6.04. The molecule has 0 aromatic heterocycles. The molecule has 0 bridgehead atoms. The first-order valence-corrected chi connectivity index (χ1v) is 5.98. The Hall–Kier alpha value is -1.64. The summed E-state index contributed by atoms with van der Waals surface area (Å²) < 4.78 is 12.7. The van der Waals surface area contributed by atoms with Gasteiger partial charge in [-0.25, -0.2) is 4.39 Å². The van der Waals surface area contributed by atoms with Crippen LogP contribution < -0.4 is 0 Å². The third kappa shape index (κ3) is 3.41. The maximum Gasteiger partial charge on any atom is 0.187 e. The summed E-state index contributed by atoms with van der Waals surface area (Å²) in [6.45, 7) is 2.04. The first-order chi connectivity index (χ1) is 8.25. The molecule has 0 N–H and O–H groups in total. The minimum Gasteiger partial charge on any atom is -0.377 e. The number of nitrogens with zero attached hydrogens (tertiary/aromatic N) is 1. The van der Waals surface area contributed by atoms with E-state index in [-0.39, 0.29) is 11.6 Å². The summed E-state index contributed by atoms with van der Waals surface area (Å²) in [4.78, 5) is 13.9. The maximum atomic E-state index is 12.7. The van der Waals surface area contributed by atoms with Crippen LogP contribution in [0.5, 0.6) is 0 Å². The standard InChI is InChI=1S/C14H16FNO/c15-13-6-4-12(5-7-13)14(17)8-11-16-9-2-1-3-10-16/h4-8,11H,1-3,9-10H2/b11-8+. The van der Waals surface area contributed by atoms with Crippen molar-refractivity contribution in [2.75, 3.05) is 13.1 Å². The fraction of sp³-hybridized carbons (Fsp3) is 0.357. The van der Waals surface area contributed by atoms with Crippen LogP contribution in [0.4, 0.5) is 4.39 Å². The maximum absolute atomic E-state index is 12.7. The van der Waals surface area contributed by atoms with Gasteiger partial charge in [0.25, 0.3) is 0 Å². The van der Waals surface area contributed by atoms with E-state index >= 15 is 0 Å². The highest BCUT2D eigenvalue weighted by atomic mass is 19.1. The van der Waals surface area contributed by atoms with Crippen LogP contribution in [0.1, 0.15) is 29.6 Å². The van der Waals surface area contributed by atoms with Crippen molar-refractivity contribution >= 4 is 5.78 Å². The molecule has 17 heavy (non-hydrogen) atoms. The second-order valence-electron chi connectivity index (χ2n) is 4.28. The summed E-state index contributed by atoms with van der Waals surface area (Å²) in [7, 11) is 0. The Morgan fingerprint density at radius 3 is 2.41 bits per heavy atom. The molecular formula is C14H16FNO. The zero-order chi connectivity index (χ0) is 12.1. The highest BCUT2D eigenvalue weighted by Crippen LogP contribution is 2.10. The van der Waals surface area contributed by atoms with Crippen LogP contribution in [0.15, 0.2) is 36.5 Å². The molecule has 0 aliphatic carbocycles. The van der Waals surface area contributed by atoms with Crippen LogP contribution in [0.3, 0.4) is 0 Å². The zero-order valence-electron chi connectivity index (χ0n) is 9.73. The fourth-order valence-corrected chi connectivity index (χ4v) is 1.95. The molecule has 2 rings (SSSR count). The molecule has 0 amide bonds. The van der Waals surface area contributed by atoms with Gasteiger partial charge in [-0.1, -0.05) is 0 Å². The van der Waals surface area contributed by atoms with E-state index in [1.54, 1.807) is 6.08 Å². The van der Waals surface area contributed by atoms with Crippen molar-refractivity contribution in [3.63, 3.8) is 0 Å². The molecule has 3 heteroatoms. The van der Waals surface area contributed by atoms with Gasteiger partial charge in [0, 0.05) is 30.9 Å². The molecule has 0 spiro atoms. The van der Waals surface area contributed by atoms with Gasteiger partial charge in [-0.05, 0) is 43.5 Å². The van der Waals surface area contributed by atoms with E-state index in [9.17, 15) is 9.18 Å². The number of rotatable bonds is 3. The topological polar surface area (TPSA) is 20.3 Å². The van der Waals surface area contributed by atoms with Crippen molar-refractivity contribution in [2.45, 2.75) is 19.3 Å². The van der Waals surface area contributed by atoms with Crippen LogP contribution in [0.25, 0.3) is 0 Å². The number of hydrogen-bond acceptors (Lipinski definition) is 2. The number of likely N-dealkylation sites (tertiary alicyclic amines) is 1. The van der Waals surface area contributed by atoms with Gasteiger partial charge in [0.2, 0.25) is 0 Å². The van der Waals surface area contributed by atoms with Crippen LogP contribution in [-0.4, -0.2) is 23.8 Å². The second-order valence-corrected chi connectivity index (χ2v) is 4.28. The van der Waals surface area contributed by atoms with Gasteiger partial charge in [0.05, 0.1) is 0 Å². The first-order valence-electron chi connectivity index (χ1n) is 5.98. The van der Waals surface area contributed by atoms with E-state index < -0.39 is 0 Å². The number of ketones is 1. The number of halogens is 1. The third-order valence-electron chi connectivity index (χ3n) is 2.96. The molecule has 0 atom stereocenters. The van der Waals surface area contributed by atoms with E-state index in [1.807, 2.05) is 6.20 Å². The average Bonchev–Trinajstić information content (AvgIpc) is 2.38. The lowest BCUT2D eigenvalue weighted by Crippen LogP contribution is -2.24. The van der Waals surface area contributed by atoms with Crippen LogP contribution in [0, 0.1) is 5.82 Å². The molecule has 2 nitrogen and oxygen atoms in total. The lowest BCUT2D eigenvalue weighted by Gasteiger charge is -2.24. The van der Waals surface area contributed by atoms with Crippen molar-refractivity contribution < 1.29 is 9.18 Å². The number of carbonyl (C=O) groups is 1. The Morgan fingerprint density at radius 2 is 1.76 bits per heavy atom. The normalized spacial score (nSPS) is 16.4. The Kier molecular flexibility index (Phi) is 3.91. The molecule has 1 saturated heterocycles. The monoisotopic (exact) mass is 233 g/mol. The lowest BCUT2D eigenvalue weighted by molar-refractivity contribution is 0.104. The van der Waals surface area contributed by atoms with E-state index in [1.165, 1.54) is 43.5 Å². The highest BCUT2D eigenvalue weighted by Gasteiger charge is 2.06. The summed E-state index contributed by atoms with van der Waals surface area (Å²) in [5, 5.41) is 0. The molecule has 0 radical (unpaired) electrons. The summed E-state index contributed by atoms with van der Waals surface area (Å²) in [6.07, 6.45) is 7.07. The van der Waals surface area contributed by atoms with Crippen LogP contribution in [-0.2, 0) is 0 Å². The van der Waals surface area contributed by atoms with Gasteiger partial charge in [0.15, 0.2) is 5.78 Å². The van der Waals surface area contributed by atoms with Gasteiger partial charge in [0.1, 0.15) is 5.82 Å². The molecule has 1 aromatic rings. The molecule has 1 fully saturated rings. The average molecular weight is 233 g/mol. The second kappa shape index (κ2) is 5.62. The largest absolute Gasteiger partial charge is 0.377 e. The van der Waals surface area contributed by atoms with Gasteiger partial charge < -0.3 is 4.90 Å². The Morgan fingerprint density at radius 1 is 1.12 bits per heavy atom. The predicted octanol–water partition coefficient (Wildman–Crippen LogP) is 3.01. The molecule has 1 aliphatic rings. The van der Waals surface area contributed by atoms with Crippen molar-refractivity contribution in [3.8, 4) is 0 Å². The molecule has 1 aromatic carbocycles. The minimum atomic E-state index is -0.318. The van der Waals surface area contributed by atoms with Gasteiger partial charge in [-0.15, -0.1) is 0 Å². The molecule has 1 heterocycles.